The predicted molar refractivity (Wildman–Crippen MR) is 79.5 cm³/mol. The number of carboxylic acids is 1. The molecule has 1 aliphatic rings. The van der Waals surface area contributed by atoms with Gasteiger partial charge in [0.05, 0.1) is 5.92 Å². The van der Waals surface area contributed by atoms with Crippen molar-refractivity contribution in [3.05, 3.63) is 41.2 Å². The Balaban J connectivity index is 2.36. The van der Waals surface area contributed by atoms with Gasteiger partial charge >= 0.3 is 5.97 Å². The van der Waals surface area contributed by atoms with Gasteiger partial charge in [0.1, 0.15) is 10.7 Å². The molecule has 0 saturated carbocycles. The summed E-state index contributed by atoms with van der Waals surface area (Å²) in [7, 11) is -4.13. The van der Waals surface area contributed by atoms with Crippen LogP contribution in [0.1, 0.15) is 24.0 Å². The summed E-state index contributed by atoms with van der Waals surface area (Å²) in [5, 5.41) is 9.18. The number of hydrogen-bond acceptors (Lipinski definition) is 3. The lowest BCUT2D eigenvalue weighted by atomic mass is 9.90. The molecule has 0 fully saturated rings. The van der Waals surface area contributed by atoms with Crippen LogP contribution >= 0.6 is 0 Å². The van der Waals surface area contributed by atoms with Crippen molar-refractivity contribution < 1.29 is 22.7 Å². The first kappa shape index (κ1) is 16.6. The molecule has 22 heavy (non-hydrogen) atoms. The van der Waals surface area contributed by atoms with Crippen LogP contribution in [0.15, 0.2) is 29.2 Å². The van der Waals surface area contributed by atoms with Crippen molar-refractivity contribution in [2.24, 2.45) is 5.92 Å². The molecule has 1 aromatic rings. The zero-order valence-corrected chi connectivity index (χ0v) is 13.2. The standard InChI is InChI=1S/C15H18FNO4S/c1-9-7-10(2)14(12(16)8-9)22(20,21)17-13-6-4-3-5-11(13)15(18)19/h3-4,7-8,11,13,17H,5-6H2,1-2H3,(H,18,19)/t11-,13+/m0/s1. The van der Waals surface area contributed by atoms with Gasteiger partial charge in [-0.2, -0.15) is 0 Å². The minimum atomic E-state index is -4.13. The molecule has 120 valence electrons. The van der Waals surface area contributed by atoms with Gasteiger partial charge in [-0.05, 0) is 43.9 Å². The summed E-state index contributed by atoms with van der Waals surface area (Å²) in [6.07, 6.45) is 3.95. The number of hydrogen-bond donors (Lipinski definition) is 2. The highest BCUT2D eigenvalue weighted by Gasteiger charge is 2.33. The quantitative estimate of drug-likeness (QED) is 0.830. The van der Waals surface area contributed by atoms with Crippen LogP contribution in [0.4, 0.5) is 4.39 Å². The van der Waals surface area contributed by atoms with Crippen LogP contribution in [-0.2, 0) is 14.8 Å². The van der Waals surface area contributed by atoms with Crippen LogP contribution in [0.5, 0.6) is 0 Å². The Hall–Kier alpha value is -1.73. The Morgan fingerprint density at radius 1 is 1.27 bits per heavy atom. The molecular formula is C15H18FNO4S. The van der Waals surface area contributed by atoms with E-state index < -0.39 is 38.7 Å². The largest absolute Gasteiger partial charge is 0.481 e. The van der Waals surface area contributed by atoms with Crippen molar-refractivity contribution in [3.63, 3.8) is 0 Å². The highest BCUT2D eigenvalue weighted by molar-refractivity contribution is 7.89. The molecule has 0 unspecified atom stereocenters. The Kier molecular flexibility index (Phi) is 4.67. The zero-order valence-electron chi connectivity index (χ0n) is 12.3. The second-order valence-electron chi connectivity index (χ2n) is 5.51. The first-order chi connectivity index (χ1) is 10.2. The SMILES string of the molecule is Cc1cc(C)c(S(=O)(=O)N[C@@H]2CC=CC[C@@H]2C(=O)O)c(F)c1. The third-order valence-electron chi connectivity index (χ3n) is 3.70. The summed E-state index contributed by atoms with van der Waals surface area (Å²) in [6, 6.07) is 1.94. The van der Waals surface area contributed by atoms with Gasteiger partial charge in [-0.25, -0.2) is 17.5 Å². The van der Waals surface area contributed by atoms with Gasteiger partial charge in [-0.1, -0.05) is 18.2 Å². The normalized spacial score (nSPS) is 21.8. The van der Waals surface area contributed by atoms with Gasteiger partial charge in [0.25, 0.3) is 0 Å². The number of aliphatic carboxylic acids is 1. The van der Waals surface area contributed by atoms with E-state index in [2.05, 4.69) is 4.72 Å². The third kappa shape index (κ3) is 3.36. The Morgan fingerprint density at radius 2 is 1.91 bits per heavy atom. The van der Waals surface area contributed by atoms with Gasteiger partial charge < -0.3 is 5.11 Å². The lowest BCUT2D eigenvalue weighted by Gasteiger charge is -2.26. The summed E-state index contributed by atoms with van der Waals surface area (Å²) >= 11 is 0. The Morgan fingerprint density at radius 3 is 2.50 bits per heavy atom. The first-order valence-electron chi connectivity index (χ1n) is 6.89. The minimum absolute atomic E-state index is 0.248. The maximum Gasteiger partial charge on any atom is 0.308 e. The molecule has 1 aromatic carbocycles. The van der Waals surface area contributed by atoms with Crippen LogP contribution in [0.2, 0.25) is 0 Å². The predicted octanol–water partition coefficient (Wildman–Crippen LogP) is 2.14. The Bertz CT molecular complexity index is 704. The summed E-state index contributed by atoms with van der Waals surface area (Å²) in [5.74, 6) is -2.75. The Labute approximate surface area is 128 Å². The van der Waals surface area contributed by atoms with Gasteiger partial charge in [0.15, 0.2) is 0 Å². The monoisotopic (exact) mass is 327 g/mol. The number of allylic oxidation sites excluding steroid dienone is 1. The van der Waals surface area contributed by atoms with E-state index in [0.29, 0.717) is 11.1 Å². The van der Waals surface area contributed by atoms with Crippen LogP contribution in [0.3, 0.4) is 0 Å². The summed E-state index contributed by atoms with van der Waals surface area (Å²) < 4.78 is 41.3. The number of aryl methyl sites for hydroxylation is 2. The third-order valence-corrected chi connectivity index (χ3v) is 5.37. The maximum absolute atomic E-state index is 14.1. The summed E-state index contributed by atoms with van der Waals surface area (Å²) in [4.78, 5) is 10.8. The molecule has 2 atom stereocenters. The molecule has 0 saturated heterocycles. The fourth-order valence-corrected chi connectivity index (χ4v) is 4.29. The van der Waals surface area contributed by atoms with Gasteiger partial charge in [0, 0.05) is 6.04 Å². The second kappa shape index (κ2) is 6.18. The van der Waals surface area contributed by atoms with Gasteiger partial charge in [0.2, 0.25) is 10.0 Å². The fraction of sp³-hybridized carbons (Fsp3) is 0.400. The molecule has 0 spiro atoms. The molecule has 2 N–H and O–H groups in total. The topological polar surface area (TPSA) is 83.5 Å². The van der Waals surface area contributed by atoms with E-state index in [-0.39, 0.29) is 12.8 Å². The zero-order chi connectivity index (χ0) is 16.5. The van der Waals surface area contributed by atoms with E-state index in [1.807, 2.05) is 0 Å². The van der Waals surface area contributed by atoms with Gasteiger partial charge in [-0.15, -0.1) is 0 Å². The highest BCUT2D eigenvalue weighted by Crippen LogP contribution is 2.25. The average molecular weight is 327 g/mol. The van der Waals surface area contributed by atoms with Gasteiger partial charge in [-0.3, -0.25) is 4.79 Å². The van der Waals surface area contributed by atoms with Crippen LogP contribution in [-0.4, -0.2) is 25.5 Å². The van der Waals surface area contributed by atoms with E-state index in [1.165, 1.54) is 6.92 Å². The van der Waals surface area contributed by atoms with Crippen molar-refractivity contribution in [2.75, 3.05) is 0 Å². The van der Waals surface area contributed by atoms with Crippen LogP contribution in [0.25, 0.3) is 0 Å². The molecular weight excluding hydrogens is 309 g/mol. The van der Waals surface area contributed by atoms with E-state index in [9.17, 15) is 22.7 Å². The number of carboxylic acid groups (broad SMARTS) is 1. The minimum Gasteiger partial charge on any atom is -0.481 e. The number of benzene rings is 1. The van der Waals surface area contributed by atoms with E-state index in [1.54, 1.807) is 25.1 Å². The van der Waals surface area contributed by atoms with Crippen molar-refractivity contribution in [1.82, 2.24) is 4.72 Å². The average Bonchev–Trinajstić information content (AvgIpc) is 2.36. The molecule has 2 rings (SSSR count). The lowest BCUT2D eigenvalue weighted by molar-refractivity contribution is -0.142. The summed E-state index contributed by atoms with van der Waals surface area (Å²) in [5.41, 5.74) is 0.918. The molecule has 0 aromatic heterocycles. The maximum atomic E-state index is 14.1. The number of carbonyl (C=O) groups is 1. The number of sulfonamides is 1. The van der Waals surface area contributed by atoms with E-state index in [4.69, 9.17) is 0 Å². The van der Waals surface area contributed by atoms with E-state index in [0.717, 1.165) is 6.07 Å². The fourth-order valence-electron chi connectivity index (χ4n) is 2.72. The van der Waals surface area contributed by atoms with Crippen LogP contribution < -0.4 is 4.72 Å². The molecule has 5 nitrogen and oxygen atoms in total. The highest BCUT2D eigenvalue weighted by atomic mass is 32.2. The van der Waals surface area contributed by atoms with E-state index >= 15 is 0 Å². The molecule has 0 heterocycles. The first-order valence-corrected chi connectivity index (χ1v) is 8.37. The van der Waals surface area contributed by atoms with Crippen molar-refractivity contribution in [1.29, 1.82) is 0 Å². The molecule has 0 bridgehead atoms. The molecule has 0 amide bonds. The number of halogens is 1. The second-order valence-corrected chi connectivity index (χ2v) is 7.16. The van der Waals surface area contributed by atoms with Crippen molar-refractivity contribution in [2.45, 2.75) is 37.6 Å². The summed E-state index contributed by atoms with van der Waals surface area (Å²) in [6.45, 7) is 3.19. The van der Waals surface area contributed by atoms with Crippen molar-refractivity contribution in [3.8, 4) is 0 Å². The molecule has 0 aliphatic heterocycles. The molecule has 0 radical (unpaired) electrons. The molecule has 7 heteroatoms. The van der Waals surface area contributed by atoms with Crippen molar-refractivity contribution >= 4 is 16.0 Å². The number of nitrogens with one attached hydrogen (secondary N) is 1. The molecule has 1 aliphatic carbocycles. The smallest absolute Gasteiger partial charge is 0.308 e. The number of rotatable bonds is 4. The lowest BCUT2D eigenvalue weighted by Crippen LogP contribution is -2.44. The van der Waals surface area contributed by atoms with Crippen LogP contribution in [0, 0.1) is 25.6 Å².